The van der Waals surface area contributed by atoms with Crippen LogP contribution in [0.1, 0.15) is 19.8 Å². The van der Waals surface area contributed by atoms with E-state index >= 15 is 0 Å². The zero-order valence-electron chi connectivity index (χ0n) is 11.1. The van der Waals surface area contributed by atoms with Gasteiger partial charge in [0.25, 0.3) is 0 Å². The number of nitrogens with one attached hydrogen (secondary N) is 1. The number of hydrogen-bond acceptors (Lipinski definition) is 3. The van der Waals surface area contributed by atoms with Crippen molar-refractivity contribution in [3.05, 3.63) is 30.3 Å². The molecule has 0 saturated heterocycles. The van der Waals surface area contributed by atoms with Crippen molar-refractivity contribution in [1.82, 2.24) is 5.32 Å². The molecule has 3 N–H and O–H groups in total. The zero-order chi connectivity index (χ0) is 14.1. The second-order valence-electron chi connectivity index (χ2n) is 4.17. The molecule has 0 aliphatic rings. The molecule has 0 bridgehead atoms. The predicted molar refractivity (Wildman–Crippen MR) is 80.1 cm³/mol. The smallest absolute Gasteiger partial charge is 0.229 e. The summed E-state index contributed by atoms with van der Waals surface area (Å²) in [5, 5.41) is 2.81. The highest BCUT2D eigenvalue weighted by Gasteiger charge is 2.18. The van der Waals surface area contributed by atoms with Crippen LogP contribution in [0.4, 0.5) is 0 Å². The molecule has 4 nitrogen and oxygen atoms in total. The normalized spacial score (nSPS) is 11.6. The lowest BCUT2D eigenvalue weighted by Gasteiger charge is -2.13. The average Bonchev–Trinajstić information content (AvgIpc) is 2.40. The van der Waals surface area contributed by atoms with Crippen LogP contribution in [0.25, 0.3) is 0 Å². The number of amides is 1. The lowest BCUT2D eigenvalue weighted by atomic mass is 10.1. The minimum absolute atomic E-state index is 0.102. The SMILES string of the molecule is CCC(C(=O)NCCCOc1ccccc1)C(N)=S. The van der Waals surface area contributed by atoms with Crippen LogP contribution in [0.3, 0.4) is 0 Å². The summed E-state index contributed by atoms with van der Waals surface area (Å²) in [5.41, 5.74) is 5.50. The monoisotopic (exact) mass is 280 g/mol. The van der Waals surface area contributed by atoms with Crippen LogP contribution < -0.4 is 15.8 Å². The van der Waals surface area contributed by atoms with Gasteiger partial charge in [-0.15, -0.1) is 0 Å². The first-order valence-electron chi connectivity index (χ1n) is 6.40. The number of para-hydroxylation sites is 1. The summed E-state index contributed by atoms with van der Waals surface area (Å²) in [6.07, 6.45) is 1.37. The molecule has 0 spiro atoms. The van der Waals surface area contributed by atoms with Crippen LogP contribution in [0.15, 0.2) is 30.3 Å². The van der Waals surface area contributed by atoms with Gasteiger partial charge in [0.05, 0.1) is 17.5 Å². The highest BCUT2D eigenvalue weighted by molar-refractivity contribution is 7.80. The number of carbonyl (C=O) groups excluding carboxylic acids is 1. The molecule has 0 aromatic heterocycles. The molecule has 0 fully saturated rings. The van der Waals surface area contributed by atoms with E-state index < -0.39 is 0 Å². The largest absolute Gasteiger partial charge is 0.494 e. The molecular weight excluding hydrogens is 260 g/mol. The number of nitrogens with two attached hydrogens (primary N) is 1. The maximum atomic E-state index is 11.7. The molecule has 1 amide bonds. The second-order valence-corrected chi connectivity index (χ2v) is 4.64. The first-order valence-corrected chi connectivity index (χ1v) is 6.80. The zero-order valence-corrected chi connectivity index (χ0v) is 11.9. The molecule has 1 atom stereocenters. The van der Waals surface area contributed by atoms with Crippen molar-refractivity contribution in [3.63, 3.8) is 0 Å². The van der Waals surface area contributed by atoms with E-state index in [0.29, 0.717) is 19.6 Å². The van der Waals surface area contributed by atoms with Crippen LogP contribution in [-0.4, -0.2) is 24.0 Å². The Balaban J connectivity index is 2.17. The summed E-state index contributed by atoms with van der Waals surface area (Å²) >= 11 is 4.85. The lowest BCUT2D eigenvalue weighted by Crippen LogP contribution is -2.38. The molecule has 1 rings (SSSR count). The summed E-state index contributed by atoms with van der Waals surface area (Å²) in [7, 11) is 0. The minimum Gasteiger partial charge on any atom is -0.494 e. The number of ether oxygens (including phenoxy) is 1. The van der Waals surface area contributed by atoms with Gasteiger partial charge in [0.1, 0.15) is 5.75 Å². The Kier molecular flexibility index (Phi) is 6.89. The van der Waals surface area contributed by atoms with Gasteiger partial charge in [-0.3, -0.25) is 4.79 Å². The molecule has 104 valence electrons. The van der Waals surface area contributed by atoms with Gasteiger partial charge < -0.3 is 15.8 Å². The molecule has 0 radical (unpaired) electrons. The molecule has 0 aliphatic heterocycles. The van der Waals surface area contributed by atoms with E-state index in [0.717, 1.165) is 12.2 Å². The van der Waals surface area contributed by atoms with Gasteiger partial charge in [-0.2, -0.15) is 0 Å². The third kappa shape index (κ3) is 5.70. The van der Waals surface area contributed by atoms with Gasteiger partial charge in [-0.05, 0) is 25.0 Å². The fraction of sp³-hybridized carbons (Fsp3) is 0.429. The highest BCUT2D eigenvalue weighted by atomic mass is 32.1. The van der Waals surface area contributed by atoms with Gasteiger partial charge in [0, 0.05) is 6.54 Å². The first kappa shape index (κ1) is 15.4. The highest BCUT2D eigenvalue weighted by Crippen LogP contribution is 2.08. The van der Waals surface area contributed by atoms with Crippen molar-refractivity contribution in [2.75, 3.05) is 13.2 Å². The quantitative estimate of drug-likeness (QED) is 0.564. The summed E-state index contributed by atoms with van der Waals surface area (Å²) in [5.74, 6) is 0.364. The number of carbonyl (C=O) groups is 1. The molecule has 5 heteroatoms. The van der Waals surface area contributed by atoms with E-state index in [9.17, 15) is 4.79 Å². The molecule has 0 saturated carbocycles. The Morgan fingerprint density at radius 3 is 2.68 bits per heavy atom. The third-order valence-corrected chi connectivity index (χ3v) is 2.98. The molecule has 0 heterocycles. The lowest BCUT2D eigenvalue weighted by molar-refractivity contribution is -0.123. The third-order valence-electron chi connectivity index (χ3n) is 2.70. The molecular formula is C14H20N2O2S. The Labute approximate surface area is 119 Å². The Bertz CT molecular complexity index is 409. The van der Waals surface area contributed by atoms with Gasteiger partial charge in [0.15, 0.2) is 0 Å². The number of benzene rings is 1. The van der Waals surface area contributed by atoms with Crippen LogP contribution in [0, 0.1) is 5.92 Å². The van der Waals surface area contributed by atoms with Gasteiger partial charge in [-0.1, -0.05) is 37.3 Å². The Morgan fingerprint density at radius 2 is 2.11 bits per heavy atom. The predicted octanol–water partition coefficient (Wildman–Crippen LogP) is 1.88. The van der Waals surface area contributed by atoms with Crippen LogP contribution >= 0.6 is 12.2 Å². The van der Waals surface area contributed by atoms with Crippen molar-refractivity contribution in [2.24, 2.45) is 11.7 Å². The molecule has 1 aromatic carbocycles. The standard InChI is InChI=1S/C14H20N2O2S/c1-2-12(13(15)19)14(17)16-9-6-10-18-11-7-4-3-5-8-11/h3-5,7-8,12H,2,6,9-10H2,1H3,(H2,15,19)(H,16,17). The van der Waals surface area contributed by atoms with Crippen molar-refractivity contribution in [2.45, 2.75) is 19.8 Å². The van der Waals surface area contributed by atoms with Crippen molar-refractivity contribution >= 4 is 23.1 Å². The van der Waals surface area contributed by atoms with Crippen LogP contribution in [-0.2, 0) is 4.79 Å². The van der Waals surface area contributed by atoms with E-state index in [-0.39, 0.29) is 16.8 Å². The average molecular weight is 280 g/mol. The maximum Gasteiger partial charge on any atom is 0.229 e. The molecule has 1 unspecified atom stereocenters. The van der Waals surface area contributed by atoms with E-state index in [2.05, 4.69) is 5.32 Å². The topological polar surface area (TPSA) is 64.3 Å². The van der Waals surface area contributed by atoms with Crippen LogP contribution in [0.2, 0.25) is 0 Å². The van der Waals surface area contributed by atoms with E-state index in [1.807, 2.05) is 37.3 Å². The fourth-order valence-corrected chi connectivity index (χ4v) is 1.90. The molecule has 1 aromatic rings. The second kappa shape index (κ2) is 8.48. The van der Waals surface area contributed by atoms with E-state index in [1.165, 1.54) is 0 Å². The summed E-state index contributed by atoms with van der Waals surface area (Å²) < 4.78 is 5.52. The van der Waals surface area contributed by atoms with Crippen LogP contribution in [0.5, 0.6) is 5.75 Å². The number of thiocarbonyl (C=S) groups is 1. The van der Waals surface area contributed by atoms with Gasteiger partial charge >= 0.3 is 0 Å². The van der Waals surface area contributed by atoms with Gasteiger partial charge in [0.2, 0.25) is 5.91 Å². The van der Waals surface area contributed by atoms with Crippen molar-refractivity contribution in [1.29, 1.82) is 0 Å². The Hall–Kier alpha value is -1.62. The number of rotatable bonds is 8. The van der Waals surface area contributed by atoms with Crippen molar-refractivity contribution < 1.29 is 9.53 Å². The Morgan fingerprint density at radius 1 is 1.42 bits per heavy atom. The first-order chi connectivity index (χ1) is 9.15. The van der Waals surface area contributed by atoms with Gasteiger partial charge in [-0.25, -0.2) is 0 Å². The fourth-order valence-electron chi connectivity index (χ4n) is 1.63. The van der Waals surface area contributed by atoms with E-state index in [1.54, 1.807) is 0 Å². The molecule has 0 aliphatic carbocycles. The molecule has 19 heavy (non-hydrogen) atoms. The van der Waals surface area contributed by atoms with Crippen molar-refractivity contribution in [3.8, 4) is 5.75 Å². The summed E-state index contributed by atoms with van der Waals surface area (Å²) in [6.45, 7) is 3.01. The maximum absolute atomic E-state index is 11.7. The van der Waals surface area contributed by atoms with E-state index in [4.69, 9.17) is 22.7 Å². The summed E-state index contributed by atoms with van der Waals surface area (Å²) in [4.78, 5) is 12.0. The number of hydrogen-bond donors (Lipinski definition) is 2. The summed E-state index contributed by atoms with van der Waals surface area (Å²) in [6, 6.07) is 9.58. The minimum atomic E-state index is -0.370.